The van der Waals surface area contributed by atoms with Crippen LogP contribution in [0.3, 0.4) is 0 Å². The molecule has 2 heteroatoms. The maximum atomic E-state index is 5.61. The summed E-state index contributed by atoms with van der Waals surface area (Å²) >= 11 is 1.25. The van der Waals surface area contributed by atoms with Gasteiger partial charge in [0.15, 0.2) is 0 Å². The van der Waals surface area contributed by atoms with Gasteiger partial charge in [0.1, 0.15) is 0 Å². The molecule has 1 nitrogen and oxygen atoms in total. The molecule has 0 heterocycles. The molecule has 0 aromatic carbocycles. The zero-order chi connectivity index (χ0) is 12.1. The van der Waals surface area contributed by atoms with Crippen LogP contribution >= 0.6 is 0 Å². The Morgan fingerprint density at radius 2 is 1.19 bits per heavy atom. The fourth-order valence-electron chi connectivity index (χ4n) is 2.04. The van der Waals surface area contributed by atoms with Crippen molar-refractivity contribution in [2.24, 2.45) is 0 Å². The topological polar surface area (TPSA) is 9.23 Å². The molecule has 3 radical (unpaired) electrons. The molecule has 0 aliphatic rings. The summed E-state index contributed by atoms with van der Waals surface area (Å²) < 4.78 is 5.61. The Labute approximate surface area is 116 Å². The predicted octanol–water partition coefficient (Wildman–Crippen LogP) is 4.79. The SMILES string of the molecule is CCCCCCCCC(CCCCC)[O][Sn]. The summed E-state index contributed by atoms with van der Waals surface area (Å²) in [5.41, 5.74) is 0. The zero-order valence-electron chi connectivity index (χ0n) is 11.3. The van der Waals surface area contributed by atoms with Crippen LogP contribution in [0.2, 0.25) is 0 Å². The number of hydrogen-bond acceptors (Lipinski definition) is 1. The molecular formula is C14H29OSn. The minimum atomic E-state index is 0.566. The van der Waals surface area contributed by atoms with Crippen LogP contribution in [0.5, 0.6) is 0 Å². The Morgan fingerprint density at radius 1 is 0.750 bits per heavy atom. The van der Waals surface area contributed by atoms with Crippen molar-refractivity contribution in [3.8, 4) is 0 Å². The zero-order valence-corrected chi connectivity index (χ0v) is 14.1. The van der Waals surface area contributed by atoms with E-state index in [1.807, 2.05) is 0 Å². The van der Waals surface area contributed by atoms with E-state index in [4.69, 9.17) is 3.07 Å². The van der Waals surface area contributed by atoms with Gasteiger partial charge in [-0.1, -0.05) is 0 Å². The van der Waals surface area contributed by atoms with E-state index in [0.29, 0.717) is 6.10 Å². The van der Waals surface area contributed by atoms with Crippen molar-refractivity contribution >= 4 is 22.9 Å². The van der Waals surface area contributed by atoms with Crippen molar-refractivity contribution in [1.29, 1.82) is 0 Å². The summed E-state index contributed by atoms with van der Waals surface area (Å²) in [4.78, 5) is 0. The molecule has 0 aliphatic heterocycles. The van der Waals surface area contributed by atoms with E-state index in [9.17, 15) is 0 Å². The van der Waals surface area contributed by atoms with E-state index in [1.165, 1.54) is 93.6 Å². The van der Waals surface area contributed by atoms with Gasteiger partial charge in [0.25, 0.3) is 0 Å². The first-order valence-corrected chi connectivity index (χ1v) is 8.34. The van der Waals surface area contributed by atoms with Crippen molar-refractivity contribution in [2.45, 2.75) is 90.6 Å². The van der Waals surface area contributed by atoms with E-state index in [2.05, 4.69) is 13.8 Å². The van der Waals surface area contributed by atoms with Crippen LogP contribution in [0, 0.1) is 0 Å². The van der Waals surface area contributed by atoms with Crippen molar-refractivity contribution in [3.63, 3.8) is 0 Å². The first-order chi connectivity index (χ1) is 7.85. The second-order valence-electron chi connectivity index (χ2n) is 4.79. The molecular weight excluding hydrogens is 303 g/mol. The predicted molar refractivity (Wildman–Crippen MR) is 72.8 cm³/mol. The molecule has 1 unspecified atom stereocenters. The third-order valence-corrected chi connectivity index (χ3v) is 4.13. The van der Waals surface area contributed by atoms with E-state index < -0.39 is 0 Å². The van der Waals surface area contributed by atoms with Crippen LogP contribution in [-0.4, -0.2) is 29.0 Å². The minimum absolute atomic E-state index is 0.566. The first kappa shape index (κ1) is 16.8. The van der Waals surface area contributed by atoms with Crippen LogP contribution in [-0.2, 0) is 3.07 Å². The quantitative estimate of drug-likeness (QED) is 0.369. The van der Waals surface area contributed by atoms with Crippen LogP contribution < -0.4 is 0 Å². The molecule has 0 aromatic heterocycles. The Morgan fingerprint density at radius 3 is 1.75 bits per heavy atom. The monoisotopic (exact) mass is 333 g/mol. The van der Waals surface area contributed by atoms with Crippen molar-refractivity contribution in [2.75, 3.05) is 0 Å². The Bertz CT molecular complexity index is 128. The van der Waals surface area contributed by atoms with Crippen LogP contribution in [0.25, 0.3) is 0 Å². The average Bonchev–Trinajstić information content (AvgIpc) is 2.31. The fourth-order valence-corrected chi connectivity index (χ4v) is 2.71. The van der Waals surface area contributed by atoms with Gasteiger partial charge in [-0.2, -0.15) is 0 Å². The van der Waals surface area contributed by atoms with Gasteiger partial charge in [0.2, 0.25) is 0 Å². The van der Waals surface area contributed by atoms with Gasteiger partial charge in [-0.15, -0.1) is 0 Å². The molecule has 0 rings (SSSR count). The van der Waals surface area contributed by atoms with Gasteiger partial charge in [0, 0.05) is 0 Å². The summed E-state index contributed by atoms with van der Waals surface area (Å²) in [7, 11) is 0. The molecule has 16 heavy (non-hydrogen) atoms. The van der Waals surface area contributed by atoms with Gasteiger partial charge < -0.3 is 0 Å². The van der Waals surface area contributed by atoms with E-state index >= 15 is 0 Å². The number of hydrogen-bond donors (Lipinski definition) is 0. The first-order valence-electron chi connectivity index (χ1n) is 7.17. The summed E-state index contributed by atoms with van der Waals surface area (Å²) in [6, 6.07) is 0. The third kappa shape index (κ3) is 11.3. The molecule has 0 saturated heterocycles. The van der Waals surface area contributed by atoms with Gasteiger partial charge in [-0.3, -0.25) is 0 Å². The normalized spacial score (nSPS) is 12.9. The van der Waals surface area contributed by atoms with E-state index in [1.54, 1.807) is 0 Å². The Balaban J connectivity index is 3.26. The van der Waals surface area contributed by atoms with Crippen molar-refractivity contribution in [3.05, 3.63) is 0 Å². The molecule has 0 amide bonds. The fraction of sp³-hybridized carbons (Fsp3) is 1.00. The number of rotatable bonds is 12. The molecule has 0 aromatic rings. The molecule has 0 N–H and O–H groups in total. The van der Waals surface area contributed by atoms with Crippen LogP contribution in [0.15, 0.2) is 0 Å². The summed E-state index contributed by atoms with van der Waals surface area (Å²) in [5, 5.41) is 0. The van der Waals surface area contributed by atoms with Crippen molar-refractivity contribution in [1.82, 2.24) is 0 Å². The molecule has 0 bridgehead atoms. The summed E-state index contributed by atoms with van der Waals surface area (Å²) in [6.45, 7) is 4.54. The third-order valence-electron chi connectivity index (χ3n) is 3.18. The average molecular weight is 332 g/mol. The molecule has 95 valence electrons. The second-order valence-corrected chi connectivity index (χ2v) is 5.46. The summed E-state index contributed by atoms with van der Waals surface area (Å²) in [6.07, 6.45) is 15.6. The summed E-state index contributed by atoms with van der Waals surface area (Å²) in [5.74, 6) is 0. The Kier molecular flexibility index (Phi) is 14.5. The maximum absolute atomic E-state index is 5.61. The van der Waals surface area contributed by atoms with Gasteiger partial charge in [0.05, 0.1) is 0 Å². The second kappa shape index (κ2) is 13.8. The van der Waals surface area contributed by atoms with E-state index in [0.717, 1.165) is 0 Å². The van der Waals surface area contributed by atoms with Crippen molar-refractivity contribution < 1.29 is 3.07 Å². The van der Waals surface area contributed by atoms with Crippen LogP contribution in [0.1, 0.15) is 84.5 Å². The van der Waals surface area contributed by atoms with Gasteiger partial charge in [-0.05, 0) is 0 Å². The van der Waals surface area contributed by atoms with Gasteiger partial charge in [-0.25, -0.2) is 0 Å². The van der Waals surface area contributed by atoms with E-state index in [-0.39, 0.29) is 0 Å². The van der Waals surface area contributed by atoms with Crippen LogP contribution in [0.4, 0.5) is 0 Å². The molecule has 1 atom stereocenters. The molecule has 0 aliphatic carbocycles. The molecule has 0 saturated carbocycles. The Hall–Kier alpha value is 0.759. The molecule has 0 spiro atoms. The standard InChI is InChI=1S/C14H29O.Sn/c1-3-5-7-8-9-11-13-14(15)12-10-6-4-2;/h14H,3-13H2,1-2H3;/q-1;+1. The molecule has 0 fully saturated rings. The van der Waals surface area contributed by atoms with Gasteiger partial charge >= 0.3 is 117 Å². The number of unbranched alkanes of at least 4 members (excludes halogenated alkanes) is 7.